The van der Waals surface area contributed by atoms with Gasteiger partial charge in [-0.1, -0.05) is 19.1 Å². The van der Waals surface area contributed by atoms with Crippen LogP contribution in [0.4, 0.5) is 11.4 Å². The molecular formula is C14H24N2O. The van der Waals surface area contributed by atoms with E-state index in [9.17, 15) is 0 Å². The first-order valence-electron chi connectivity index (χ1n) is 6.22. The Morgan fingerprint density at radius 1 is 1.41 bits per heavy atom. The van der Waals surface area contributed by atoms with Gasteiger partial charge in [0.1, 0.15) is 0 Å². The van der Waals surface area contributed by atoms with Crippen molar-refractivity contribution in [3.63, 3.8) is 0 Å². The van der Waals surface area contributed by atoms with Crippen molar-refractivity contribution in [1.29, 1.82) is 0 Å². The van der Waals surface area contributed by atoms with Crippen LogP contribution in [0.15, 0.2) is 18.2 Å². The zero-order chi connectivity index (χ0) is 12.8. The maximum atomic E-state index is 6.10. The normalized spacial score (nSPS) is 12.5. The van der Waals surface area contributed by atoms with E-state index in [0.717, 1.165) is 30.9 Å². The average Bonchev–Trinajstić information content (AvgIpc) is 2.32. The fourth-order valence-corrected chi connectivity index (χ4v) is 2.04. The molecule has 0 aliphatic carbocycles. The minimum atomic E-state index is 0.466. The predicted octanol–water partition coefficient (Wildman–Crippen LogP) is 2.83. The number of nitrogen functional groups attached to an aromatic ring is 1. The third kappa shape index (κ3) is 3.37. The molecule has 0 heterocycles. The van der Waals surface area contributed by atoms with Gasteiger partial charge in [0, 0.05) is 19.7 Å². The van der Waals surface area contributed by atoms with Crippen molar-refractivity contribution in [2.24, 2.45) is 0 Å². The lowest BCUT2D eigenvalue weighted by Gasteiger charge is -2.32. The van der Waals surface area contributed by atoms with Crippen molar-refractivity contribution in [3.8, 4) is 0 Å². The molecule has 0 radical (unpaired) electrons. The van der Waals surface area contributed by atoms with Gasteiger partial charge in [0.25, 0.3) is 0 Å². The summed E-state index contributed by atoms with van der Waals surface area (Å²) in [6.07, 6.45) is 1.09. The molecule has 0 saturated heterocycles. The quantitative estimate of drug-likeness (QED) is 0.772. The van der Waals surface area contributed by atoms with Crippen LogP contribution in [0.2, 0.25) is 0 Å². The lowest BCUT2D eigenvalue weighted by atomic mass is 10.1. The molecule has 0 bridgehead atoms. The summed E-state index contributed by atoms with van der Waals surface area (Å²) in [5.41, 5.74) is 9.33. The number of nitrogens with zero attached hydrogens (tertiary/aromatic N) is 1. The number of anilines is 2. The van der Waals surface area contributed by atoms with Gasteiger partial charge in [0.2, 0.25) is 0 Å². The molecule has 1 rings (SSSR count). The maximum absolute atomic E-state index is 6.10. The van der Waals surface area contributed by atoms with Crippen molar-refractivity contribution in [2.45, 2.75) is 33.2 Å². The van der Waals surface area contributed by atoms with Crippen LogP contribution in [-0.4, -0.2) is 26.3 Å². The van der Waals surface area contributed by atoms with Gasteiger partial charge in [0.05, 0.1) is 18.0 Å². The summed E-state index contributed by atoms with van der Waals surface area (Å²) in [5, 5.41) is 0. The predicted molar refractivity (Wildman–Crippen MR) is 74.6 cm³/mol. The highest BCUT2D eigenvalue weighted by molar-refractivity contribution is 5.71. The average molecular weight is 236 g/mol. The third-order valence-electron chi connectivity index (χ3n) is 3.22. The molecule has 0 spiro atoms. The van der Waals surface area contributed by atoms with Crippen LogP contribution in [0.5, 0.6) is 0 Å². The molecule has 0 saturated carbocycles. The largest absolute Gasteiger partial charge is 0.397 e. The van der Waals surface area contributed by atoms with Crippen LogP contribution >= 0.6 is 0 Å². The molecule has 0 fully saturated rings. The van der Waals surface area contributed by atoms with Crippen LogP contribution in [-0.2, 0) is 4.74 Å². The van der Waals surface area contributed by atoms with Crippen molar-refractivity contribution < 1.29 is 4.74 Å². The summed E-state index contributed by atoms with van der Waals surface area (Å²) in [5.74, 6) is 0. The number of hydrogen-bond acceptors (Lipinski definition) is 3. The Bertz CT molecular complexity index is 332. The summed E-state index contributed by atoms with van der Waals surface area (Å²) in [7, 11) is 1.73. The first-order valence-corrected chi connectivity index (χ1v) is 6.22. The number of ether oxygens (including phenoxy) is 1. The fraction of sp³-hybridized carbons (Fsp3) is 0.571. The molecule has 17 heavy (non-hydrogen) atoms. The van der Waals surface area contributed by atoms with Crippen molar-refractivity contribution in [3.05, 3.63) is 23.8 Å². The van der Waals surface area contributed by atoms with Crippen LogP contribution in [0.25, 0.3) is 0 Å². The lowest BCUT2D eigenvalue weighted by Crippen LogP contribution is -2.36. The Kier molecular flexibility index (Phi) is 5.29. The molecule has 0 aliphatic heterocycles. The number of benzene rings is 1. The number of hydrogen-bond donors (Lipinski definition) is 1. The minimum absolute atomic E-state index is 0.466. The Labute approximate surface area is 105 Å². The highest BCUT2D eigenvalue weighted by Crippen LogP contribution is 2.29. The Hall–Kier alpha value is -1.22. The van der Waals surface area contributed by atoms with E-state index in [1.165, 1.54) is 5.56 Å². The van der Waals surface area contributed by atoms with E-state index in [2.05, 4.69) is 31.7 Å². The highest BCUT2D eigenvalue weighted by Gasteiger charge is 2.16. The Morgan fingerprint density at radius 3 is 2.65 bits per heavy atom. The number of para-hydroxylation sites is 1. The summed E-state index contributed by atoms with van der Waals surface area (Å²) in [6, 6.07) is 6.53. The smallest absolute Gasteiger partial charge is 0.0637 e. The molecule has 0 aliphatic rings. The van der Waals surface area contributed by atoms with E-state index in [-0.39, 0.29) is 0 Å². The number of methoxy groups -OCH3 is 1. The van der Waals surface area contributed by atoms with Gasteiger partial charge in [-0.15, -0.1) is 0 Å². The standard InChI is InChI=1S/C14H24N2O/c1-5-12(3)16(9-10-17-4)14-11(2)7-6-8-13(14)15/h6-8,12H,5,9-10,15H2,1-4H3. The van der Waals surface area contributed by atoms with E-state index < -0.39 is 0 Å². The summed E-state index contributed by atoms with van der Waals surface area (Å²) in [6.45, 7) is 8.12. The highest BCUT2D eigenvalue weighted by atomic mass is 16.5. The molecule has 1 unspecified atom stereocenters. The number of aryl methyl sites for hydroxylation is 1. The van der Waals surface area contributed by atoms with Crippen LogP contribution in [0.3, 0.4) is 0 Å². The number of rotatable bonds is 6. The van der Waals surface area contributed by atoms with E-state index in [1.54, 1.807) is 7.11 Å². The van der Waals surface area contributed by atoms with E-state index >= 15 is 0 Å². The molecule has 1 aromatic rings. The maximum Gasteiger partial charge on any atom is 0.0637 e. The van der Waals surface area contributed by atoms with Crippen molar-refractivity contribution in [2.75, 3.05) is 30.9 Å². The first-order chi connectivity index (χ1) is 8.11. The summed E-state index contributed by atoms with van der Waals surface area (Å²) >= 11 is 0. The fourth-order valence-electron chi connectivity index (χ4n) is 2.04. The molecule has 3 heteroatoms. The van der Waals surface area contributed by atoms with E-state index in [0.29, 0.717) is 6.04 Å². The molecule has 1 aromatic carbocycles. The molecule has 1 atom stereocenters. The second kappa shape index (κ2) is 6.50. The molecule has 0 aromatic heterocycles. The van der Waals surface area contributed by atoms with Gasteiger partial charge in [-0.25, -0.2) is 0 Å². The van der Waals surface area contributed by atoms with E-state index in [1.807, 2.05) is 12.1 Å². The molecule has 96 valence electrons. The van der Waals surface area contributed by atoms with Crippen molar-refractivity contribution >= 4 is 11.4 Å². The van der Waals surface area contributed by atoms with Gasteiger partial charge in [-0.2, -0.15) is 0 Å². The Balaban J connectivity index is 3.03. The molecular weight excluding hydrogens is 212 g/mol. The van der Waals surface area contributed by atoms with Crippen LogP contribution in [0, 0.1) is 6.92 Å². The minimum Gasteiger partial charge on any atom is -0.397 e. The second-order valence-electron chi connectivity index (χ2n) is 4.46. The molecule has 3 nitrogen and oxygen atoms in total. The van der Waals surface area contributed by atoms with Crippen LogP contribution in [0.1, 0.15) is 25.8 Å². The van der Waals surface area contributed by atoms with Gasteiger partial charge >= 0.3 is 0 Å². The summed E-state index contributed by atoms with van der Waals surface area (Å²) < 4.78 is 5.19. The summed E-state index contributed by atoms with van der Waals surface area (Å²) in [4.78, 5) is 2.34. The van der Waals surface area contributed by atoms with Crippen molar-refractivity contribution in [1.82, 2.24) is 0 Å². The number of nitrogens with two attached hydrogens (primary N) is 1. The van der Waals surface area contributed by atoms with Gasteiger partial charge in [-0.3, -0.25) is 0 Å². The molecule has 0 amide bonds. The topological polar surface area (TPSA) is 38.5 Å². The zero-order valence-corrected chi connectivity index (χ0v) is 11.4. The Morgan fingerprint density at radius 2 is 2.12 bits per heavy atom. The van der Waals surface area contributed by atoms with Gasteiger partial charge in [-0.05, 0) is 31.9 Å². The van der Waals surface area contributed by atoms with E-state index in [4.69, 9.17) is 10.5 Å². The van der Waals surface area contributed by atoms with Gasteiger partial charge in [0.15, 0.2) is 0 Å². The second-order valence-corrected chi connectivity index (χ2v) is 4.46. The molecule has 2 N–H and O–H groups in total. The first kappa shape index (κ1) is 13.8. The third-order valence-corrected chi connectivity index (χ3v) is 3.22. The lowest BCUT2D eigenvalue weighted by molar-refractivity contribution is 0.203. The zero-order valence-electron chi connectivity index (χ0n) is 11.4. The SMILES string of the molecule is CCC(C)N(CCOC)c1c(C)cccc1N. The van der Waals surface area contributed by atoms with Crippen LogP contribution < -0.4 is 10.6 Å². The van der Waals surface area contributed by atoms with Gasteiger partial charge < -0.3 is 15.4 Å². The monoisotopic (exact) mass is 236 g/mol.